The van der Waals surface area contributed by atoms with Gasteiger partial charge in [-0.05, 0) is 42.5 Å². The van der Waals surface area contributed by atoms with Crippen molar-refractivity contribution in [3.05, 3.63) is 76.9 Å². The third-order valence-electron chi connectivity index (χ3n) is 3.27. The summed E-state index contributed by atoms with van der Waals surface area (Å²) in [5.41, 5.74) is 1.33. The highest BCUT2D eigenvalue weighted by atomic mass is 35.5. The van der Waals surface area contributed by atoms with Crippen LogP contribution in [0.25, 0.3) is 0 Å². The molecule has 2 N–H and O–H groups in total. The maximum absolute atomic E-state index is 12.3. The summed E-state index contributed by atoms with van der Waals surface area (Å²) in [5, 5.41) is 4.11. The van der Waals surface area contributed by atoms with Crippen molar-refractivity contribution in [1.82, 2.24) is 4.98 Å². The molecule has 0 amide bonds. The normalized spacial score (nSPS) is 11.1. The molecule has 3 aromatic rings. The van der Waals surface area contributed by atoms with E-state index in [9.17, 15) is 8.42 Å². The van der Waals surface area contributed by atoms with Gasteiger partial charge >= 0.3 is 0 Å². The van der Waals surface area contributed by atoms with Crippen LogP contribution in [0.1, 0.15) is 0 Å². The zero-order valence-electron chi connectivity index (χ0n) is 12.8. The van der Waals surface area contributed by atoms with Crippen molar-refractivity contribution in [1.29, 1.82) is 0 Å². The number of aromatic nitrogens is 1. The van der Waals surface area contributed by atoms with Crippen LogP contribution < -0.4 is 10.0 Å². The molecule has 25 heavy (non-hydrogen) atoms. The molecule has 128 valence electrons. The Kier molecular flexibility index (Phi) is 5.13. The van der Waals surface area contributed by atoms with E-state index in [1.165, 1.54) is 18.3 Å². The number of hydrogen-bond donors (Lipinski definition) is 2. The van der Waals surface area contributed by atoms with Gasteiger partial charge < -0.3 is 5.32 Å². The molecule has 0 aliphatic heterocycles. The molecule has 0 bridgehead atoms. The summed E-state index contributed by atoms with van der Waals surface area (Å²) in [6.45, 7) is 0. The number of benzene rings is 2. The van der Waals surface area contributed by atoms with Gasteiger partial charge in [0.05, 0.1) is 27.5 Å². The van der Waals surface area contributed by atoms with E-state index < -0.39 is 10.0 Å². The number of rotatable bonds is 5. The molecule has 1 aromatic heterocycles. The standard InChI is InChI=1S/C17H13Cl2N3O2S/c18-12-6-8-16(15(19)10-12)21-13-7-9-17(20-11-13)22-25(23,24)14-4-2-1-3-5-14/h1-11,21H,(H,20,22). The lowest BCUT2D eigenvalue weighted by Crippen LogP contribution is -2.13. The van der Waals surface area contributed by atoms with Crippen LogP contribution in [0.3, 0.4) is 0 Å². The summed E-state index contributed by atoms with van der Waals surface area (Å²) >= 11 is 12.0. The van der Waals surface area contributed by atoms with E-state index in [1.54, 1.807) is 48.5 Å². The molecule has 1 heterocycles. The van der Waals surface area contributed by atoms with E-state index in [4.69, 9.17) is 23.2 Å². The van der Waals surface area contributed by atoms with Crippen LogP contribution in [0, 0.1) is 0 Å². The fraction of sp³-hybridized carbons (Fsp3) is 0. The van der Waals surface area contributed by atoms with Crippen LogP contribution >= 0.6 is 23.2 Å². The quantitative estimate of drug-likeness (QED) is 0.644. The number of anilines is 3. The minimum Gasteiger partial charge on any atom is -0.353 e. The Labute approximate surface area is 155 Å². The maximum Gasteiger partial charge on any atom is 0.263 e. The minimum absolute atomic E-state index is 0.173. The Morgan fingerprint density at radius 2 is 1.68 bits per heavy atom. The molecule has 0 spiro atoms. The fourth-order valence-corrected chi connectivity index (χ4v) is 3.56. The number of halogens is 2. The monoisotopic (exact) mass is 393 g/mol. The van der Waals surface area contributed by atoms with Crippen LogP contribution in [0.15, 0.2) is 71.8 Å². The predicted molar refractivity (Wildman–Crippen MR) is 101 cm³/mol. The van der Waals surface area contributed by atoms with Gasteiger partial charge in [0.1, 0.15) is 5.82 Å². The highest BCUT2D eigenvalue weighted by Crippen LogP contribution is 2.28. The Bertz CT molecular complexity index is 979. The SMILES string of the molecule is O=S(=O)(Nc1ccc(Nc2ccc(Cl)cc2Cl)cn1)c1ccccc1. The summed E-state index contributed by atoms with van der Waals surface area (Å²) in [6, 6.07) is 16.4. The largest absolute Gasteiger partial charge is 0.353 e. The molecule has 8 heteroatoms. The van der Waals surface area contributed by atoms with Crippen molar-refractivity contribution in [3.8, 4) is 0 Å². The van der Waals surface area contributed by atoms with Crippen molar-refractivity contribution in [2.45, 2.75) is 4.90 Å². The molecule has 3 rings (SSSR count). The first-order valence-corrected chi connectivity index (χ1v) is 9.44. The predicted octanol–water partition coefficient (Wildman–Crippen LogP) is 4.93. The van der Waals surface area contributed by atoms with Gasteiger partial charge in [0.2, 0.25) is 0 Å². The van der Waals surface area contributed by atoms with Gasteiger partial charge in [-0.3, -0.25) is 4.72 Å². The van der Waals surface area contributed by atoms with E-state index in [0.717, 1.165) is 0 Å². The van der Waals surface area contributed by atoms with Crippen molar-refractivity contribution < 1.29 is 8.42 Å². The summed E-state index contributed by atoms with van der Waals surface area (Å²) in [5.74, 6) is 0.219. The number of nitrogens with zero attached hydrogens (tertiary/aromatic N) is 1. The topological polar surface area (TPSA) is 71.1 Å². The average Bonchev–Trinajstić information content (AvgIpc) is 2.59. The van der Waals surface area contributed by atoms with Crippen LogP contribution in [0.2, 0.25) is 10.0 Å². The van der Waals surface area contributed by atoms with Crippen LogP contribution in [-0.2, 0) is 10.0 Å². The first-order valence-electron chi connectivity index (χ1n) is 7.20. The second-order valence-corrected chi connectivity index (χ2v) is 7.63. The highest BCUT2D eigenvalue weighted by molar-refractivity contribution is 7.92. The Morgan fingerprint density at radius 3 is 2.32 bits per heavy atom. The van der Waals surface area contributed by atoms with E-state index in [2.05, 4.69) is 15.0 Å². The van der Waals surface area contributed by atoms with Gasteiger partial charge in [-0.15, -0.1) is 0 Å². The first kappa shape index (κ1) is 17.5. The molecular weight excluding hydrogens is 381 g/mol. The third-order valence-corrected chi connectivity index (χ3v) is 5.18. The fourth-order valence-electron chi connectivity index (χ4n) is 2.07. The van der Waals surface area contributed by atoms with Gasteiger partial charge in [0.15, 0.2) is 0 Å². The van der Waals surface area contributed by atoms with Gasteiger partial charge in [-0.25, -0.2) is 13.4 Å². The summed E-state index contributed by atoms with van der Waals surface area (Å²) < 4.78 is 26.9. The number of pyridine rings is 1. The molecule has 0 radical (unpaired) electrons. The Balaban J connectivity index is 1.74. The number of hydrogen-bond acceptors (Lipinski definition) is 4. The molecule has 0 aliphatic carbocycles. The lowest BCUT2D eigenvalue weighted by molar-refractivity contribution is 0.601. The summed E-state index contributed by atoms with van der Waals surface area (Å²) in [7, 11) is -3.67. The van der Waals surface area contributed by atoms with E-state index in [0.29, 0.717) is 21.4 Å². The van der Waals surface area contributed by atoms with E-state index in [1.807, 2.05) is 0 Å². The second kappa shape index (κ2) is 7.31. The third kappa shape index (κ3) is 4.42. The molecule has 0 saturated carbocycles. The molecule has 0 saturated heterocycles. The molecule has 0 atom stereocenters. The first-order chi connectivity index (χ1) is 11.9. The molecule has 2 aromatic carbocycles. The minimum atomic E-state index is -3.67. The van der Waals surface area contributed by atoms with Crippen molar-refractivity contribution >= 4 is 50.4 Å². The average molecular weight is 394 g/mol. The summed E-state index contributed by atoms with van der Waals surface area (Å²) in [6.07, 6.45) is 1.51. The van der Waals surface area contributed by atoms with Crippen molar-refractivity contribution in [2.75, 3.05) is 10.0 Å². The van der Waals surface area contributed by atoms with Crippen molar-refractivity contribution in [3.63, 3.8) is 0 Å². The lowest BCUT2D eigenvalue weighted by Gasteiger charge is -2.10. The van der Waals surface area contributed by atoms with Gasteiger partial charge in [0.25, 0.3) is 10.0 Å². The zero-order chi connectivity index (χ0) is 17.9. The molecule has 0 aliphatic rings. The van der Waals surface area contributed by atoms with Crippen LogP contribution in [0.4, 0.5) is 17.2 Å². The van der Waals surface area contributed by atoms with Gasteiger partial charge in [-0.1, -0.05) is 41.4 Å². The number of nitrogens with one attached hydrogen (secondary N) is 2. The van der Waals surface area contributed by atoms with Gasteiger partial charge in [-0.2, -0.15) is 0 Å². The molecule has 0 unspecified atom stereocenters. The maximum atomic E-state index is 12.3. The Morgan fingerprint density at radius 1 is 0.920 bits per heavy atom. The van der Waals surface area contributed by atoms with Crippen LogP contribution in [-0.4, -0.2) is 13.4 Å². The Hall–Kier alpha value is -2.28. The van der Waals surface area contributed by atoms with Crippen molar-refractivity contribution in [2.24, 2.45) is 0 Å². The van der Waals surface area contributed by atoms with E-state index in [-0.39, 0.29) is 10.7 Å². The lowest BCUT2D eigenvalue weighted by atomic mass is 10.3. The molecule has 5 nitrogen and oxygen atoms in total. The second-order valence-electron chi connectivity index (χ2n) is 5.10. The van der Waals surface area contributed by atoms with Crippen LogP contribution in [0.5, 0.6) is 0 Å². The molecule has 0 fully saturated rings. The highest BCUT2D eigenvalue weighted by Gasteiger charge is 2.14. The van der Waals surface area contributed by atoms with Gasteiger partial charge in [0, 0.05) is 5.02 Å². The van der Waals surface area contributed by atoms with E-state index >= 15 is 0 Å². The molecular formula is C17H13Cl2N3O2S. The smallest absolute Gasteiger partial charge is 0.263 e. The summed E-state index contributed by atoms with van der Waals surface area (Å²) in [4.78, 5) is 4.28. The zero-order valence-corrected chi connectivity index (χ0v) is 15.1. The number of sulfonamides is 1.